The zero-order valence-corrected chi connectivity index (χ0v) is 16.0. The van der Waals surface area contributed by atoms with Gasteiger partial charge in [-0.2, -0.15) is 0 Å². The van der Waals surface area contributed by atoms with Crippen molar-refractivity contribution in [3.05, 3.63) is 51.1 Å². The molecule has 6 heteroatoms. The maximum atomic E-state index is 12.8. The lowest BCUT2D eigenvalue weighted by Gasteiger charge is -2.27. The molecule has 0 bridgehead atoms. The number of carbonyl (C=O) groups excluding carboxylic acids is 2. The summed E-state index contributed by atoms with van der Waals surface area (Å²) in [5.74, 6) is -0.270. The summed E-state index contributed by atoms with van der Waals surface area (Å²) >= 11 is 5.12. The number of thiophene rings is 1. The molecule has 0 unspecified atom stereocenters. The molecular formula is C18H19BrN2O2S. The standard InChI is InChI=1S/C18H19BrN2O2S/c1-12(16-8-5-9-24-16)20(2)18(23)13-10-17(22)21(11-13)15-7-4-3-6-14(15)19/h3-9,12-13H,10-11H2,1-2H3/t12-,13+/m0/s1. The van der Waals surface area contributed by atoms with Crippen LogP contribution in [-0.2, 0) is 9.59 Å². The quantitative estimate of drug-likeness (QED) is 0.766. The van der Waals surface area contributed by atoms with Crippen LogP contribution >= 0.6 is 27.3 Å². The Morgan fingerprint density at radius 1 is 1.33 bits per heavy atom. The van der Waals surface area contributed by atoms with E-state index in [0.717, 1.165) is 15.0 Å². The third kappa shape index (κ3) is 3.26. The van der Waals surface area contributed by atoms with Crippen LogP contribution in [0.2, 0.25) is 0 Å². The van der Waals surface area contributed by atoms with Crippen LogP contribution in [0.5, 0.6) is 0 Å². The Morgan fingerprint density at radius 2 is 2.08 bits per heavy atom. The van der Waals surface area contributed by atoms with Crippen molar-refractivity contribution in [3.63, 3.8) is 0 Å². The first-order chi connectivity index (χ1) is 11.5. The molecule has 0 N–H and O–H groups in total. The van der Waals surface area contributed by atoms with Gasteiger partial charge < -0.3 is 9.80 Å². The molecule has 2 amide bonds. The van der Waals surface area contributed by atoms with Gasteiger partial charge >= 0.3 is 0 Å². The van der Waals surface area contributed by atoms with Crippen molar-refractivity contribution in [1.29, 1.82) is 0 Å². The first-order valence-corrected chi connectivity index (χ1v) is 9.51. The molecule has 4 nitrogen and oxygen atoms in total. The molecule has 0 spiro atoms. The number of rotatable bonds is 4. The summed E-state index contributed by atoms with van der Waals surface area (Å²) in [5.41, 5.74) is 0.826. The van der Waals surface area contributed by atoms with Crippen molar-refractivity contribution in [2.24, 2.45) is 5.92 Å². The predicted molar refractivity (Wildman–Crippen MR) is 100 cm³/mol. The number of para-hydroxylation sites is 1. The topological polar surface area (TPSA) is 40.6 Å². The minimum absolute atomic E-state index is 0.00238. The van der Waals surface area contributed by atoms with Gasteiger partial charge in [0.2, 0.25) is 11.8 Å². The van der Waals surface area contributed by atoms with Gasteiger partial charge in [0.1, 0.15) is 0 Å². The molecule has 24 heavy (non-hydrogen) atoms. The highest BCUT2D eigenvalue weighted by molar-refractivity contribution is 9.10. The molecule has 0 saturated carbocycles. The normalized spacial score (nSPS) is 18.7. The number of nitrogens with zero attached hydrogens (tertiary/aromatic N) is 2. The smallest absolute Gasteiger partial charge is 0.228 e. The second-order valence-electron chi connectivity index (χ2n) is 6.00. The highest BCUT2D eigenvalue weighted by Gasteiger charge is 2.38. The lowest BCUT2D eigenvalue weighted by Crippen LogP contribution is -2.36. The highest BCUT2D eigenvalue weighted by Crippen LogP contribution is 2.33. The minimum Gasteiger partial charge on any atom is -0.338 e. The highest BCUT2D eigenvalue weighted by atomic mass is 79.9. The number of hydrogen-bond acceptors (Lipinski definition) is 3. The number of halogens is 1. The second-order valence-corrected chi connectivity index (χ2v) is 7.83. The van der Waals surface area contributed by atoms with E-state index in [1.165, 1.54) is 0 Å². The SMILES string of the molecule is C[C@@H](c1cccs1)N(C)C(=O)[C@@H]1CC(=O)N(c2ccccc2Br)C1. The van der Waals surface area contributed by atoms with Gasteiger partial charge in [-0.25, -0.2) is 0 Å². The molecule has 126 valence electrons. The van der Waals surface area contributed by atoms with Crippen LogP contribution in [0.25, 0.3) is 0 Å². The van der Waals surface area contributed by atoms with E-state index in [2.05, 4.69) is 15.9 Å². The third-order valence-corrected chi connectivity index (χ3v) is 6.21. The van der Waals surface area contributed by atoms with E-state index in [1.54, 1.807) is 21.1 Å². The van der Waals surface area contributed by atoms with Crippen LogP contribution in [0.1, 0.15) is 24.3 Å². The first-order valence-electron chi connectivity index (χ1n) is 7.84. The molecule has 0 aliphatic carbocycles. The van der Waals surface area contributed by atoms with E-state index in [4.69, 9.17) is 0 Å². The minimum atomic E-state index is -0.294. The van der Waals surface area contributed by atoms with Crippen LogP contribution in [0.3, 0.4) is 0 Å². The fraction of sp³-hybridized carbons (Fsp3) is 0.333. The number of anilines is 1. The Balaban J connectivity index is 1.73. The maximum Gasteiger partial charge on any atom is 0.228 e. The number of carbonyl (C=O) groups is 2. The van der Waals surface area contributed by atoms with Gasteiger partial charge in [-0.3, -0.25) is 9.59 Å². The Labute approximate surface area is 154 Å². The summed E-state index contributed by atoms with van der Waals surface area (Å²) in [5, 5.41) is 2.01. The monoisotopic (exact) mass is 406 g/mol. The van der Waals surface area contributed by atoms with E-state index in [-0.39, 0.29) is 30.2 Å². The van der Waals surface area contributed by atoms with E-state index in [1.807, 2.05) is 55.7 Å². The van der Waals surface area contributed by atoms with E-state index in [0.29, 0.717) is 6.54 Å². The molecular weight excluding hydrogens is 388 g/mol. The first kappa shape index (κ1) is 17.2. The molecule has 1 aromatic heterocycles. The van der Waals surface area contributed by atoms with Crippen molar-refractivity contribution >= 4 is 44.8 Å². The molecule has 2 aromatic rings. The summed E-state index contributed by atoms with van der Waals surface area (Å²) in [6.07, 6.45) is 0.266. The van der Waals surface area contributed by atoms with Crippen molar-refractivity contribution < 1.29 is 9.59 Å². The largest absolute Gasteiger partial charge is 0.338 e. The Morgan fingerprint density at radius 3 is 2.75 bits per heavy atom. The van der Waals surface area contributed by atoms with E-state index < -0.39 is 0 Å². The Hall–Kier alpha value is -1.66. The van der Waals surface area contributed by atoms with E-state index in [9.17, 15) is 9.59 Å². The molecule has 1 aliphatic rings. The van der Waals surface area contributed by atoms with Gasteiger partial charge in [0.05, 0.1) is 17.6 Å². The van der Waals surface area contributed by atoms with Gasteiger partial charge in [0, 0.05) is 29.4 Å². The van der Waals surface area contributed by atoms with Crippen LogP contribution in [-0.4, -0.2) is 30.3 Å². The van der Waals surface area contributed by atoms with Crippen molar-refractivity contribution in [2.75, 3.05) is 18.5 Å². The maximum absolute atomic E-state index is 12.8. The van der Waals surface area contributed by atoms with E-state index >= 15 is 0 Å². The lowest BCUT2D eigenvalue weighted by atomic mass is 10.1. The van der Waals surface area contributed by atoms with Gasteiger partial charge in [-0.1, -0.05) is 18.2 Å². The van der Waals surface area contributed by atoms with Crippen LogP contribution in [0, 0.1) is 5.92 Å². The van der Waals surface area contributed by atoms with Gasteiger partial charge in [0.15, 0.2) is 0 Å². The zero-order chi connectivity index (χ0) is 17.3. The summed E-state index contributed by atoms with van der Waals surface area (Å²) in [7, 11) is 1.82. The fourth-order valence-corrected chi connectivity index (χ4v) is 4.30. The molecule has 1 saturated heterocycles. The molecule has 1 aromatic carbocycles. The molecule has 2 heterocycles. The predicted octanol–water partition coefficient (Wildman–Crippen LogP) is 4.08. The summed E-state index contributed by atoms with van der Waals surface area (Å²) in [6, 6.07) is 11.6. The Bertz CT molecular complexity index is 747. The van der Waals surface area contributed by atoms with Crippen molar-refractivity contribution in [2.45, 2.75) is 19.4 Å². The number of amides is 2. The van der Waals surface area contributed by atoms with Crippen molar-refractivity contribution in [3.8, 4) is 0 Å². The Kier molecular flexibility index (Phi) is 5.06. The lowest BCUT2D eigenvalue weighted by molar-refractivity contribution is -0.136. The summed E-state index contributed by atoms with van der Waals surface area (Å²) < 4.78 is 0.867. The third-order valence-electron chi connectivity index (χ3n) is 4.50. The molecule has 1 aliphatic heterocycles. The molecule has 3 rings (SSSR count). The fourth-order valence-electron chi connectivity index (χ4n) is 2.98. The average molecular weight is 407 g/mol. The molecule has 2 atom stereocenters. The van der Waals surface area contributed by atoms with Gasteiger partial charge in [-0.15, -0.1) is 11.3 Å². The number of benzene rings is 1. The van der Waals surface area contributed by atoms with Crippen molar-refractivity contribution in [1.82, 2.24) is 4.90 Å². The second kappa shape index (κ2) is 7.07. The average Bonchev–Trinajstić information content (AvgIpc) is 3.23. The zero-order valence-electron chi connectivity index (χ0n) is 13.6. The van der Waals surface area contributed by atoms with Gasteiger partial charge in [-0.05, 0) is 46.4 Å². The van der Waals surface area contributed by atoms with Crippen LogP contribution < -0.4 is 4.90 Å². The molecule has 1 fully saturated rings. The van der Waals surface area contributed by atoms with Crippen LogP contribution in [0.15, 0.2) is 46.3 Å². The number of hydrogen-bond donors (Lipinski definition) is 0. The summed E-state index contributed by atoms with van der Waals surface area (Å²) in [4.78, 5) is 29.8. The van der Waals surface area contributed by atoms with Crippen LogP contribution in [0.4, 0.5) is 5.69 Å². The van der Waals surface area contributed by atoms with Gasteiger partial charge in [0.25, 0.3) is 0 Å². The summed E-state index contributed by atoms with van der Waals surface area (Å²) in [6.45, 7) is 2.45. The molecule has 0 radical (unpaired) electrons.